The van der Waals surface area contributed by atoms with Crippen LogP contribution in [0, 0.1) is 0 Å². The van der Waals surface area contributed by atoms with Crippen molar-refractivity contribution in [2.24, 2.45) is 0 Å². The number of nitrogens with zero attached hydrogens (tertiary/aromatic N) is 1. The standard InChI is InChI=1S/C21H21NO6/c1-25-18-10-9-15(11-16(18)14-7-5-4-6-8-14)22-13-28-12-17(20(23)26-2)19(22)21(24)27-3/h4-11H,12-13H2,1-3H3. The first-order valence-corrected chi connectivity index (χ1v) is 8.59. The van der Waals surface area contributed by atoms with Crippen LogP contribution >= 0.6 is 0 Å². The molecule has 2 aromatic rings. The number of hydrogen-bond acceptors (Lipinski definition) is 7. The molecule has 0 unspecified atom stereocenters. The third-order valence-electron chi connectivity index (χ3n) is 4.41. The molecule has 1 aliphatic heterocycles. The molecule has 0 aromatic heterocycles. The van der Waals surface area contributed by atoms with Gasteiger partial charge in [-0.05, 0) is 23.8 Å². The predicted molar refractivity (Wildman–Crippen MR) is 103 cm³/mol. The molecule has 7 nitrogen and oxygen atoms in total. The molecule has 0 spiro atoms. The molecule has 3 rings (SSSR count). The highest BCUT2D eigenvalue weighted by atomic mass is 16.5. The van der Waals surface area contributed by atoms with Crippen LogP contribution in [-0.4, -0.2) is 46.6 Å². The van der Waals surface area contributed by atoms with Crippen molar-refractivity contribution in [3.8, 4) is 16.9 Å². The van der Waals surface area contributed by atoms with Gasteiger partial charge in [0.25, 0.3) is 0 Å². The smallest absolute Gasteiger partial charge is 0.355 e. The highest BCUT2D eigenvalue weighted by molar-refractivity contribution is 6.03. The van der Waals surface area contributed by atoms with Gasteiger partial charge in [-0.1, -0.05) is 30.3 Å². The number of esters is 2. The van der Waals surface area contributed by atoms with Crippen molar-refractivity contribution in [3.05, 3.63) is 59.8 Å². The van der Waals surface area contributed by atoms with Crippen molar-refractivity contribution >= 4 is 17.6 Å². The average molecular weight is 383 g/mol. The molecule has 0 atom stereocenters. The first-order chi connectivity index (χ1) is 13.6. The van der Waals surface area contributed by atoms with E-state index in [2.05, 4.69) is 0 Å². The summed E-state index contributed by atoms with van der Waals surface area (Å²) in [5.74, 6) is -0.590. The van der Waals surface area contributed by atoms with Crippen molar-refractivity contribution < 1.29 is 28.5 Å². The van der Waals surface area contributed by atoms with Crippen LogP contribution in [-0.2, 0) is 23.8 Å². The van der Waals surface area contributed by atoms with Crippen LogP contribution in [0.3, 0.4) is 0 Å². The molecule has 0 aliphatic carbocycles. The van der Waals surface area contributed by atoms with Gasteiger partial charge in [0.2, 0.25) is 0 Å². The molecule has 146 valence electrons. The maximum atomic E-state index is 12.4. The van der Waals surface area contributed by atoms with Crippen LogP contribution < -0.4 is 9.64 Å². The number of carbonyl (C=O) groups is 2. The molecule has 0 N–H and O–H groups in total. The second kappa shape index (κ2) is 8.58. The zero-order chi connectivity index (χ0) is 20.1. The van der Waals surface area contributed by atoms with Gasteiger partial charge in [0.1, 0.15) is 18.2 Å². The number of carbonyl (C=O) groups excluding carboxylic acids is 2. The maximum absolute atomic E-state index is 12.4. The minimum atomic E-state index is -0.638. The van der Waals surface area contributed by atoms with Crippen LogP contribution in [0.5, 0.6) is 5.75 Å². The third-order valence-corrected chi connectivity index (χ3v) is 4.41. The van der Waals surface area contributed by atoms with Crippen molar-refractivity contribution in [1.29, 1.82) is 0 Å². The Hall–Kier alpha value is -3.32. The molecule has 0 fully saturated rings. The second-order valence-electron chi connectivity index (χ2n) is 5.97. The van der Waals surface area contributed by atoms with Crippen LogP contribution in [0.2, 0.25) is 0 Å². The zero-order valence-corrected chi connectivity index (χ0v) is 15.9. The lowest BCUT2D eigenvalue weighted by Crippen LogP contribution is -2.38. The largest absolute Gasteiger partial charge is 0.496 e. The summed E-state index contributed by atoms with van der Waals surface area (Å²) in [6, 6.07) is 15.2. The molecule has 0 saturated carbocycles. The summed E-state index contributed by atoms with van der Waals surface area (Å²) in [6.45, 7) is 0.0563. The molecule has 2 aromatic carbocycles. The SMILES string of the molecule is COC(=O)C1=C(C(=O)OC)N(c2ccc(OC)c(-c3ccccc3)c2)COC1. The van der Waals surface area contributed by atoms with Gasteiger partial charge in [0.05, 0.1) is 33.5 Å². The summed E-state index contributed by atoms with van der Waals surface area (Å²) in [5, 5.41) is 0. The molecule has 1 heterocycles. The molecule has 1 aliphatic rings. The molecular formula is C21H21NO6. The van der Waals surface area contributed by atoms with E-state index in [4.69, 9.17) is 18.9 Å². The van der Waals surface area contributed by atoms with Gasteiger partial charge in [-0.25, -0.2) is 9.59 Å². The Balaban J connectivity index is 2.13. The number of methoxy groups -OCH3 is 3. The quantitative estimate of drug-likeness (QED) is 0.735. The first-order valence-electron chi connectivity index (χ1n) is 8.59. The van der Waals surface area contributed by atoms with Crippen LogP contribution in [0.1, 0.15) is 0 Å². The number of benzene rings is 2. The van der Waals surface area contributed by atoms with Gasteiger partial charge in [-0.2, -0.15) is 0 Å². The normalized spacial score (nSPS) is 13.9. The van der Waals surface area contributed by atoms with E-state index in [9.17, 15) is 9.59 Å². The van der Waals surface area contributed by atoms with E-state index in [1.807, 2.05) is 36.4 Å². The lowest BCUT2D eigenvalue weighted by molar-refractivity contribution is -0.140. The number of ether oxygens (including phenoxy) is 4. The van der Waals surface area contributed by atoms with Gasteiger partial charge in [-0.15, -0.1) is 0 Å². The highest BCUT2D eigenvalue weighted by Crippen LogP contribution is 2.36. The topological polar surface area (TPSA) is 74.3 Å². The van der Waals surface area contributed by atoms with E-state index in [0.717, 1.165) is 11.1 Å². The Kier molecular flexibility index (Phi) is 5.96. The lowest BCUT2D eigenvalue weighted by Gasteiger charge is -2.31. The van der Waals surface area contributed by atoms with Gasteiger partial charge < -0.3 is 23.8 Å². The Labute approximate surface area is 163 Å². The first kappa shape index (κ1) is 19.4. The lowest BCUT2D eigenvalue weighted by atomic mass is 10.0. The summed E-state index contributed by atoms with van der Waals surface area (Å²) in [7, 11) is 4.12. The molecule has 0 bridgehead atoms. The fourth-order valence-corrected chi connectivity index (χ4v) is 3.05. The molecule has 28 heavy (non-hydrogen) atoms. The van der Waals surface area contributed by atoms with E-state index in [0.29, 0.717) is 11.4 Å². The fraction of sp³-hybridized carbons (Fsp3) is 0.238. The van der Waals surface area contributed by atoms with Crippen molar-refractivity contribution in [3.63, 3.8) is 0 Å². The zero-order valence-electron chi connectivity index (χ0n) is 15.9. The Morgan fingerprint density at radius 1 is 0.964 bits per heavy atom. The van der Waals surface area contributed by atoms with Gasteiger partial charge >= 0.3 is 11.9 Å². The van der Waals surface area contributed by atoms with E-state index in [1.165, 1.54) is 14.2 Å². The average Bonchev–Trinajstić information content (AvgIpc) is 2.77. The maximum Gasteiger partial charge on any atom is 0.355 e. The Morgan fingerprint density at radius 2 is 1.68 bits per heavy atom. The van der Waals surface area contributed by atoms with Crippen molar-refractivity contribution in [2.75, 3.05) is 39.6 Å². The van der Waals surface area contributed by atoms with Crippen LogP contribution in [0.25, 0.3) is 11.1 Å². The fourth-order valence-electron chi connectivity index (χ4n) is 3.05. The Morgan fingerprint density at radius 3 is 2.32 bits per heavy atom. The summed E-state index contributed by atoms with van der Waals surface area (Å²) in [5.41, 5.74) is 2.66. The molecule has 0 radical (unpaired) electrons. The number of rotatable bonds is 5. The number of hydrogen-bond donors (Lipinski definition) is 0. The van der Waals surface area contributed by atoms with Crippen molar-refractivity contribution in [2.45, 2.75) is 0 Å². The van der Waals surface area contributed by atoms with Crippen LogP contribution in [0.4, 0.5) is 5.69 Å². The monoisotopic (exact) mass is 383 g/mol. The number of anilines is 1. The molecular weight excluding hydrogens is 362 g/mol. The molecule has 7 heteroatoms. The van der Waals surface area contributed by atoms with E-state index < -0.39 is 11.9 Å². The molecule has 0 amide bonds. The van der Waals surface area contributed by atoms with Crippen molar-refractivity contribution in [1.82, 2.24) is 0 Å². The van der Waals surface area contributed by atoms with Gasteiger partial charge in [0, 0.05) is 11.3 Å². The summed E-state index contributed by atoms with van der Waals surface area (Å²) in [6.07, 6.45) is 0. The molecule has 0 saturated heterocycles. The van der Waals surface area contributed by atoms with E-state index in [-0.39, 0.29) is 24.6 Å². The minimum absolute atomic E-state index is 0.0324. The summed E-state index contributed by atoms with van der Waals surface area (Å²) < 4.78 is 20.7. The van der Waals surface area contributed by atoms with E-state index >= 15 is 0 Å². The summed E-state index contributed by atoms with van der Waals surface area (Å²) in [4.78, 5) is 26.2. The second-order valence-corrected chi connectivity index (χ2v) is 5.97. The Bertz CT molecular complexity index is 906. The van der Waals surface area contributed by atoms with Gasteiger partial charge in [0.15, 0.2) is 0 Å². The van der Waals surface area contributed by atoms with Gasteiger partial charge in [-0.3, -0.25) is 0 Å². The van der Waals surface area contributed by atoms with Crippen LogP contribution in [0.15, 0.2) is 59.8 Å². The third kappa shape index (κ3) is 3.70. The summed E-state index contributed by atoms with van der Waals surface area (Å²) >= 11 is 0. The predicted octanol–water partition coefficient (Wildman–Crippen LogP) is 2.76. The highest BCUT2D eigenvalue weighted by Gasteiger charge is 2.32. The minimum Gasteiger partial charge on any atom is -0.496 e. The van der Waals surface area contributed by atoms with E-state index in [1.54, 1.807) is 24.1 Å².